The van der Waals surface area contributed by atoms with Crippen molar-refractivity contribution in [1.29, 1.82) is 0 Å². The van der Waals surface area contributed by atoms with Crippen LogP contribution in [0.15, 0.2) is 30.5 Å². The average molecular weight is 375 g/mol. The summed E-state index contributed by atoms with van der Waals surface area (Å²) in [7, 11) is -3.16. The molecule has 2 aromatic rings. The molecule has 2 heterocycles. The highest BCUT2D eigenvalue weighted by Gasteiger charge is 2.35. The number of benzene rings is 1. The van der Waals surface area contributed by atoms with E-state index < -0.39 is 10.0 Å². The van der Waals surface area contributed by atoms with E-state index in [4.69, 9.17) is 4.74 Å². The van der Waals surface area contributed by atoms with Gasteiger partial charge in [0.05, 0.1) is 22.5 Å². The largest absolute Gasteiger partial charge is 0.473 e. The van der Waals surface area contributed by atoms with Gasteiger partial charge in [-0.2, -0.15) is 0 Å². The molecule has 1 aromatic carbocycles. The first-order valence-corrected chi connectivity index (χ1v) is 11.0. The molecular weight excluding hydrogens is 350 g/mol. The van der Waals surface area contributed by atoms with E-state index in [9.17, 15) is 8.42 Å². The maximum Gasteiger partial charge on any atom is 0.233 e. The Morgan fingerprint density at radius 3 is 2.38 bits per heavy atom. The minimum absolute atomic E-state index is 0.0109. The topological polar surface area (TPSA) is 72.4 Å². The Hall–Kier alpha value is -1.73. The fourth-order valence-corrected chi connectivity index (χ4v) is 6.02. The van der Waals surface area contributed by atoms with E-state index >= 15 is 0 Å². The molecule has 4 rings (SSSR count). The lowest BCUT2D eigenvalue weighted by molar-refractivity contribution is 0.129. The average Bonchev–Trinajstić information content (AvgIpc) is 2.69. The second-order valence-electron chi connectivity index (χ2n) is 7.22. The van der Waals surface area contributed by atoms with Gasteiger partial charge in [-0.1, -0.05) is 31.4 Å². The van der Waals surface area contributed by atoms with Crippen molar-refractivity contribution in [1.82, 2.24) is 14.3 Å². The number of fused-ring (bicyclic) bond motifs is 1. The first-order valence-electron chi connectivity index (χ1n) is 9.50. The molecule has 0 N–H and O–H groups in total. The smallest absolute Gasteiger partial charge is 0.233 e. The molecule has 1 aromatic heterocycles. The van der Waals surface area contributed by atoms with E-state index in [1.54, 1.807) is 10.5 Å². The first kappa shape index (κ1) is 17.7. The molecule has 0 atom stereocenters. The Balaban J connectivity index is 1.37. The van der Waals surface area contributed by atoms with Gasteiger partial charge in [-0.3, -0.25) is 0 Å². The summed E-state index contributed by atoms with van der Waals surface area (Å²) in [6, 6.07) is 7.69. The Morgan fingerprint density at radius 1 is 0.962 bits per heavy atom. The van der Waals surface area contributed by atoms with Gasteiger partial charge in [0, 0.05) is 13.1 Å². The molecule has 1 aliphatic heterocycles. The summed E-state index contributed by atoms with van der Waals surface area (Å²) in [6.07, 6.45) is 7.87. The molecule has 2 fully saturated rings. The molecule has 1 aliphatic carbocycles. The number of ether oxygens (including phenoxy) is 1. The number of piperidine rings is 1. The molecule has 7 heteroatoms. The normalized spacial score (nSPS) is 21.1. The molecule has 0 bridgehead atoms. The number of hydrogen-bond donors (Lipinski definition) is 0. The van der Waals surface area contributed by atoms with Crippen LogP contribution in [0.25, 0.3) is 11.0 Å². The van der Waals surface area contributed by atoms with Gasteiger partial charge in [0.25, 0.3) is 0 Å². The second kappa shape index (κ2) is 7.48. The van der Waals surface area contributed by atoms with Crippen LogP contribution in [-0.4, -0.2) is 47.1 Å². The zero-order chi connectivity index (χ0) is 18.0. The monoisotopic (exact) mass is 375 g/mol. The van der Waals surface area contributed by atoms with Gasteiger partial charge >= 0.3 is 0 Å². The molecule has 1 saturated heterocycles. The molecule has 1 saturated carbocycles. The van der Waals surface area contributed by atoms with E-state index in [-0.39, 0.29) is 11.4 Å². The second-order valence-corrected chi connectivity index (χ2v) is 9.43. The van der Waals surface area contributed by atoms with E-state index in [2.05, 4.69) is 9.97 Å². The molecule has 0 unspecified atom stereocenters. The third kappa shape index (κ3) is 3.69. The van der Waals surface area contributed by atoms with Crippen molar-refractivity contribution in [3.05, 3.63) is 30.5 Å². The van der Waals surface area contributed by atoms with Gasteiger partial charge in [0.2, 0.25) is 15.9 Å². The molecule has 0 radical (unpaired) electrons. The van der Waals surface area contributed by atoms with Gasteiger partial charge < -0.3 is 4.74 Å². The summed E-state index contributed by atoms with van der Waals surface area (Å²) in [5.74, 6) is 0.511. The molecular formula is C19H25N3O3S. The predicted octanol–water partition coefficient (Wildman–Crippen LogP) is 3.14. The van der Waals surface area contributed by atoms with Crippen molar-refractivity contribution in [3.63, 3.8) is 0 Å². The molecule has 26 heavy (non-hydrogen) atoms. The van der Waals surface area contributed by atoms with Crippen molar-refractivity contribution >= 4 is 21.1 Å². The number of rotatable bonds is 4. The van der Waals surface area contributed by atoms with Crippen LogP contribution in [0.2, 0.25) is 0 Å². The van der Waals surface area contributed by atoms with Crippen molar-refractivity contribution < 1.29 is 13.2 Å². The van der Waals surface area contributed by atoms with Crippen LogP contribution >= 0.6 is 0 Å². The summed E-state index contributed by atoms with van der Waals surface area (Å²) in [5.41, 5.74) is 1.65. The zero-order valence-corrected chi connectivity index (χ0v) is 15.7. The van der Waals surface area contributed by atoms with Gasteiger partial charge in [0.15, 0.2) is 0 Å². The highest BCUT2D eigenvalue weighted by molar-refractivity contribution is 7.89. The summed E-state index contributed by atoms with van der Waals surface area (Å²) in [5, 5.41) is -0.180. The van der Waals surface area contributed by atoms with Gasteiger partial charge in [-0.05, 0) is 37.8 Å². The maximum absolute atomic E-state index is 12.8. The Morgan fingerprint density at radius 2 is 1.65 bits per heavy atom. The van der Waals surface area contributed by atoms with Crippen molar-refractivity contribution in [2.45, 2.75) is 56.3 Å². The summed E-state index contributed by atoms with van der Waals surface area (Å²) >= 11 is 0. The zero-order valence-electron chi connectivity index (χ0n) is 14.9. The maximum atomic E-state index is 12.8. The van der Waals surface area contributed by atoms with Crippen LogP contribution in [0.5, 0.6) is 5.88 Å². The van der Waals surface area contributed by atoms with Crippen molar-refractivity contribution in [3.8, 4) is 5.88 Å². The van der Waals surface area contributed by atoms with E-state index in [1.807, 2.05) is 24.3 Å². The third-order valence-corrected chi connectivity index (χ3v) is 7.85. The number of aromatic nitrogens is 2. The number of para-hydroxylation sites is 2. The summed E-state index contributed by atoms with van der Waals surface area (Å²) in [6.45, 7) is 1.06. The molecule has 6 nitrogen and oxygen atoms in total. The highest BCUT2D eigenvalue weighted by Crippen LogP contribution is 2.28. The van der Waals surface area contributed by atoms with E-state index in [0.29, 0.717) is 31.8 Å². The number of hydrogen-bond acceptors (Lipinski definition) is 5. The van der Waals surface area contributed by atoms with E-state index in [1.165, 1.54) is 0 Å². The van der Waals surface area contributed by atoms with Crippen LogP contribution in [0.4, 0.5) is 0 Å². The minimum Gasteiger partial charge on any atom is -0.473 e. The fourth-order valence-electron chi connectivity index (χ4n) is 3.95. The molecule has 2 aliphatic rings. The lowest BCUT2D eigenvalue weighted by atomic mass is 10.0. The van der Waals surface area contributed by atoms with Crippen LogP contribution in [0.3, 0.4) is 0 Å². The predicted molar refractivity (Wildman–Crippen MR) is 101 cm³/mol. The van der Waals surface area contributed by atoms with Crippen molar-refractivity contribution in [2.75, 3.05) is 13.1 Å². The van der Waals surface area contributed by atoms with Crippen LogP contribution in [0.1, 0.15) is 44.9 Å². The van der Waals surface area contributed by atoms with E-state index in [0.717, 1.165) is 43.1 Å². The van der Waals surface area contributed by atoms with Gasteiger partial charge in [-0.15, -0.1) is 0 Å². The quantitative estimate of drug-likeness (QED) is 0.821. The molecule has 0 amide bonds. The SMILES string of the molecule is O=S(=O)(C1CCCCC1)N1CCC(Oc2cnc3ccccc3n2)CC1. The number of sulfonamides is 1. The lowest BCUT2D eigenvalue weighted by Gasteiger charge is -2.34. The van der Waals surface area contributed by atoms with Crippen LogP contribution < -0.4 is 4.74 Å². The van der Waals surface area contributed by atoms with Gasteiger partial charge in [-0.25, -0.2) is 22.7 Å². The Kier molecular flexibility index (Phi) is 5.09. The summed E-state index contributed by atoms with van der Waals surface area (Å²) in [4.78, 5) is 8.86. The standard InChI is InChI=1S/C19H25N3O3S/c23-26(24,16-6-2-1-3-7-16)22-12-10-15(11-13-22)25-19-14-20-17-8-4-5-9-18(17)21-19/h4-5,8-9,14-16H,1-3,6-7,10-13H2. The molecule has 0 spiro atoms. The van der Waals surface area contributed by atoms with Crippen molar-refractivity contribution in [2.24, 2.45) is 0 Å². The highest BCUT2D eigenvalue weighted by atomic mass is 32.2. The fraction of sp³-hybridized carbons (Fsp3) is 0.579. The minimum atomic E-state index is -3.16. The third-order valence-electron chi connectivity index (χ3n) is 5.45. The van der Waals surface area contributed by atoms with Gasteiger partial charge in [0.1, 0.15) is 6.10 Å². The first-order chi connectivity index (χ1) is 12.6. The lowest BCUT2D eigenvalue weighted by Crippen LogP contribution is -2.46. The van der Waals surface area contributed by atoms with Crippen LogP contribution in [-0.2, 0) is 10.0 Å². The van der Waals surface area contributed by atoms with Crippen LogP contribution in [0, 0.1) is 0 Å². The Bertz CT molecular complexity index is 857. The molecule has 140 valence electrons. The summed E-state index contributed by atoms with van der Waals surface area (Å²) < 4.78 is 33.3. The Labute approximate surface area is 154 Å². The number of nitrogens with zero attached hydrogens (tertiary/aromatic N) is 3.